The highest BCUT2D eigenvalue weighted by molar-refractivity contribution is 7.89. The number of carbonyl (C=O) groups excluding carboxylic acids is 2. The lowest BCUT2D eigenvalue weighted by molar-refractivity contribution is -0.00835. The third-order valence-corrected chi connectivity index (χ3v) is 11.5. The lowest BCUT2D eigenvalue weighted by Gasteiger charge is -2.35. The number of sulfonamides is 1. The zero-order valence-electron chi connectivity index (χ0n) is 30.6. The number of fused-ring (bicyclic) bond motifs is 2. The lowest BCUT2D eigenvalue weighted by atomic mass is 10.0. The van der Waals surface area contributed by atoms with Crippen LogP contribution < -0.4 is 15.4 Å². The van der Waals surface area contributed by atoms with Gasteiger partial charge in [-0.15, -0.1) is 0 Å². The number of likely N-dealkylation sites (N-methyl/N-ethyl adjacent to an activating group) is 1. The second-order valence-electron chi connectivity index (χ2n) is 13.6. The zero-order chi connectivity index (χ0) is 37.6. The van der Waals surface area contributed by atoms with Crippen LogP contribution in [0.25, 0.3) is 10.8 Å². The summed E-state index contributed by atoms with van der Waals surface area (Å²) in [4.78, 5) is 29.3. The number of aromatic nitrogens is 1. The van der Waals surface area contributed by atoms with E-state index in [1.54, 1.807) is 43.9 Å². The summed E-state index contributed by atoms with van der Waals surface area (Å²) in [7, 11) is -2.47. The van der Waals surface area contributed by atoms with Crippen LogP contribution in [0.1, 0.15) is 61.8 Å². The van der Waals surface area contributed by atoms with E-state index in [9.17, 15) is 23.1 Å². The molecule has 0 spiro atoms. The van der Waals surface area contributed by atoms with Crippen molar-refractivity contribution in [2.75, 3.05) is 44.0 Å². The minimum atomic E-state index is -3.96. The van der Waals surface area contributed by atoms with Gasteiger partial charge in [-0.25, -0.2) is 13.2 Å². The second kappa shape index (κ2) is 16.9. The van der Waals surface area contributed by atoms with Gasteiger partial charge in [0.2, 0.25) is 10.0 Å². The van der Waals surface area contributed by atoms with E-state index in [1.165, 1.54) is 11.4 Å². The molecule has 1 aliphatic heterocycles. The molecule has 0 radical (unpaired) electrons. The fourth-order valence-corrected chi connectivity index (χ4v) is 7.90. The highest BCUT2D eigenvalue weighted by Gasteiger charge is 2.34. The van der Waals surface area contributed by atoms with Crippen LogP contribution in [0.2, 0.25) is 0 Å². The molecule has 13 nitrogen and oxygen atoms in total. The molecule has 14 heteroatoms. The maximum atomic E-state index is 14.5. The van der Waals surface area contributed by atoms with Gasteiger partial charge in [0, 0.05) is 43.7 Å². The van der Waals surface area contributed by atoms with Gasteiger partial charge in [-0.05, 0) is 76.6 Å². The number of nitrogens with zero attached hydrogens (tertiary/aromatic N) is 3. The van der Waals surface area contributed by atoms with Crippen LogP contribution >= 0.6 is 0 Å². The number of ether oxygens (including phenoxy) is 2. The third kappa shape index (κ3) is 8.92. The highest BCUT2D eigenvalue weighted by Crippen LogP contribution is 2.30. The summed E-state index contributed by atoms with van der Waals surface area (Å²) in [5, 5.41) is 21.7. The summed E-state index contributed by atoms with van der Waals surface area (Å²) in [5.41, 5.74) is 1.50. The Hall–Kier alpha value is -4.50. The van der Waals surface area contributed by atoms with Crippen LogP contribution in [0.15, 0.2) is 70.1 Å². The fraction of sp³-hybridized carbons (Fsp3) is 0.447. The van der Waals surface area contributed by atoms with Crippen molar-refractivity contribution in [2.24, 2.45) is 5.92 Å². The number of hydrogen-bond acceptors (Lipinski definition) is 9. The van der Waals surface area contributed by atoms with Crippen LogP contribution in [0.3, 0.4) is 0 Å². The average molecular weight is 736 g/mol. The molecular formula is C38H49N5O8S. The first-order chi connectivity index (χ1) is 24.8. The molecular weight excluding hydrogens is 687 g/mol. The van der Waals surface area contributed by atoms with Crippen LogP contribution in [0, 0.1) is 19.8 Å². The Balaban J connectivity index is 1.42. The SMILES string of the molecule is Cc1noc(C)c1S(=O)(=O)N(C)C[C@@H]1OCCCC[C@@H](C)Oc2ccc(NC(=O)Nc3cccc4ccccc34)cc2C(=O)N([C@H](C)CO)C[C@@H]1C. The molecule has 4 atom stereocenters. The Labute approximate surface area is 305 Å². The Morgan fingerprint density at radius 3 is 2.56 bits per heavy atom. The zero-order valence-corrected chi connectivity index (χ0v) is 31.4. The summed E-state index contributed by atoms with van der Waals surface area (Å²) in [6, 6.07) is 17.2. The van der Waals surface area contributed by atoms with E-state index in [4.69, 9.17) is 14.0 Å². The molecule has 0 bridgehead atoms. The van der Waals surface area contributed by atoms with E-state index in [1.807, 2.05) is 56.3 Å². The van der Waals surface area contributed by atoms with Gasteiger partial charge in [0.15, 0.2) is 5.76 Å². The van der Waals surface area contributed by atoms with Gasteiger partial charge in [0.05, 0.1) is 36.1 Å². The van der Waals surface area contributed by atoms with E-state index in [2.05, 4.69) is 15.8 Å². The predicted octanol–water partition coefficient (Wildman–Crippen LogP) is 6.20. The number of benzene rings is 3. The molecule has 2 heterocycles. The van der Waals surface area contributed by atoms with Gasteiger partial charge in [-0.3, -0.25) is 4.79 Å². The first-order valence-corrected chi connectivity index (χ1v) is 19.0. The Kier molecular flexibility index (Phi) is 12.6. The van der Waals surface area contributed by atoms with Crippen molar-refractivity contribution in [1.29, 1.82) is 0 Å². The summed E-state index contributed by atoms with van der Waals surface area (Å²) in [5.74, 6) is -0.219. The van der Waals surface area contributed by atoms with Crippen molar-refractivity contribution in [3.8, 4) is 5.75 Å². The summed E-state index contributed by atoms with van der Waals surface area (Å²) in [6.07, 6.45) is 1.34. The molecule has 5 rings (SSSR count). The number of aliphatic hydroxyl groups is 1. The van der Waals surface area contributed by atoms with Crippen LogP contribution in [0.4, 0.5) is 16.2 Å². The maximum Gasteiger partial charge on any atom is 0.323 e. The lowest BCUT2D eigenvalue weighted by Crippen LogP contribution is -2.48. The molecule has 1 aromatic heterocycles. The number of nitrogens with one attached hydrogen (secondary N) is 2. The van der Waals surface area contributed by atoms with Gasteiger partial charge in [-0.2, -0.15) is 4.31 Å². The largest absolute Gasteiger partial charge is 0.490 e. The smallest absolute Gasteiger partial charge is 0.323 e. The van der Waals surface area contributed by atoms with Gasteiger partial charge in [0.1, 0.15) is 16.3 Å². The Morgan fingerprint density at radius 2 is 1.83 bits per heavy atom. The van der Waals surface area contributed by atoms with Crippen LogP contribution in [-0.4, -0.2) is 91.4 Å². The monoisotopic (exact) mass is 735 g/mol. The molecule has 0 aliphatic carbocycles. The van der Waals surface area contributed by atoms with Gasteiger partial charge < -0.3 is 34.6 Å². The average Bonchev–Trinajstić information content (AvgIpc) is 3.47. The first-order valence-electron chi connectivity index (χ1n) is 17.6. The first kappa shape index (κ1) is 38.7. The molecule has 3 amide bonds. The Bertz CT molecular complexity index is 1960. The van der Waals surface area contributed by atoms with Crippen molar-refractivity contribution in [3.63, 3.8) is 0 Å². The Morgan fingerprint density at radius 1 is 1.08 bits per heavy atom. The fourth-order valence-electron chi connectivity index (χ4n) is 6.43. The van der Waals surface area contributed by atoms with Crippen molar-refractivity contribution in [2.45, 2.75) is 77.0 Å². The minimum absolute atomic E-state index is 0.0130. The molecule has 52 heavy (non-hydrogen) atoms. The molecule has 0 saturated carbocycles. The number of rotatable bonds is 8. The second-order valence-corrected chi connectivity index (χ2v) is 15.5. The molecule has 0 saturated heterocycles. The third-order valence-electron chi connectivity index (χ3n) is 9.42. The number of anilines is 2. The molecule has 4 aromatic rings. The van der Waals surface area contributed by atoms with Crippen molar-refractivity contribution < 1.29 is 37.1 Å². The maximum absolute atomic E-state index is 14.5. The topological polar surface area (TPSA) is 164 Å². The van der Waals surface area contributed by atoms with E-state index in [-0.39, 0.29) is 53.6 Å². The molecule has 0 unspecified atom stereocenters. The van der Waals surface area contributed by atoms with Crippen molar-refractivity contribution in [1.82, 2.24) is 14.4 Å². The number of urea groups is 1. The van der Waals surface area contributed by atoms with Gasteiger partial charge in [-0.1, -0.05) is 48.5 Å². The number of hydrogen-bond donors (Lipinski definition) is 3. The molecule has 3 aromatic carbocycles. The molecule has 3 N–H and O–H groups in total. The number of amides is 3. The predicted molar refractivity (Wildman–Crippen MR) is 199 cm³/mol. The number of aliphatic hydroxyl groups excluding tert-OH is 1. The summed E-state index contributed by atoms with van der Waals surface area (Å²) >= 11 is 0. The van der Waals surface area contributed by atoms with E-state index in [0.717, 1.165) is 17.2 Å². The molecule has 1 aliphatic rings. The summed E-state index contributed by atoms with van der Waals surface area (Å²) in [6.45, 7) is 8.92. The van der Waals surface area contributed by atoms with Crippen LogP contribution in [-0.2, 0) is 14.8 Å². The highest BCUT2D eigenvalue weighted by atomic mass is 32.2. The van der Waals surface area contributed by atoms with Crippen LogP contribution in [0.5, 0.6) is 5.75 Å². The standard InChI is InChI=1S/C38H49N5O8S/c1-24-21-43(25(2)23-44)37(45)32-20-30(39-38(46)40-33-16-11-14-29-13-7-8-15-31(29)33)17-18-34(32)50-26(3)12-9-10-19-49-35(24)22-42(6)52(47,48)36-27(4)41-51-28(36)5/h7-8,11,13-18,20,24-26,35,44H,9-10,12,19,21-23H2,1-6H3,(H2,39,40,46)/t24-,25+,26+,35-/m0/s1. The van der Waals surface area contributed by atoms with E-state index in [0.29, 0.717) is 36.6 Å². The molecule has 0 fully saturated rings. The van der Waals surface area contributed by atoms with Gasteiger partial charge in [0.25, 0.3) is 5.91 Å². The van der Waals surface area contributed by atoms with Gasteiger partial charge >= 0.3 is 6.03 Å². The number of aryl methyl sites for hydroxylation is 2. The van der Waals surface area contributed by atoms with Crippen molar-refractivity contribution in [3.05, 3.63) is 77.7 Å². The van der Waals surface area contributed by atoms with E-state index >= 15 is 0 Å². The summed E-state index contributed by atoms with van der Waals surface area (Å²) < 4.78 is 46.2. The van der Waals surface area contributed by atoms with E-state index < -0.39 is 34.1 Å². The quantitative estimate of drug-likeness (QED) is 0.191. The minimum Gasteiger partial charge on any atom is -0.490 e. The molecule has 280 valence electrons. The normalized spacial score (nSPS) is 19.8. The van der Waals surface area contributed by atoms with Crippen molar-refractivity contribution >= 4 is 44.1 Å². The number of carbonyl (C=O) groups is 2.